The van der Waals surface area contributed by atoms with Crippen LogP contribution in [-0.2, 0) is 16.1 Å². The van der Waals surface area contributed by atoms with Gasteiger partial charge in [-0.05, 0) is 18.6 Å². The number of ether oxygens (including phenoxy) is 1. The van der Waals surface area contributed by atoms with Crippen LogP contribution in [0.25, 0.3) is 0 Å². The summed E-state index contributed by atoms with van der Waals surface area (Å²) >= 11 is 0. The highest BCUT2D eigenvalue weighted by molar-refractivity contribution is 5.91. The van der Waals surface area contributed by atoms with Gasteiger partial charge in [-0.2, -0.15) is 0 Å². The van der Waals surface area contributed by atoms with Crippen molar-refractivity contribution < 1.29 is 23.8 Å². The highest BCUT2D eigenvalue weighted by Gasteiger charge is 2.10. The zero-order valence-electron chi connectivity index (χ0n) is 9.56. The molecule has 94 valence electrons. The molecule has 0 bridgehead atoms. The second kappa shape index (κ2) is 6.70. The Morgan fingerprint density at radius 2 is 2.24 bits per heavy atom. The van der Waals surface area contributed by atoms with Crippen LogP contribution >= 0.6 is 0 Å². The molecular weight excluding hydrogens is 226 g/mol. The number of methoxy groups -OCH3 is 1. The van der Waals surface area contributed by atoms with Gasteiger partial charge in [0, 0.05) is 20.1 Å². The Bertz CT molecular complexity index is 385. The van der Waals surface area contributed by atoms with Crippen molar-refractivity contribution in [3.05, 3.63) is 23.7 Å². The zero-order valence-corrected chi connectivity index (χ0v) is 9.56. The molecule has 0 aliphatic rings. The van der Waals surface area contributed by atoms with E-state index in [1.807, 2.05) is 0 Å². The molecule has 2 N–H and O–H groups in total. The first-order valence-electron chi connectivity index (χ1n) is 5.21. The van der Waals surface area contributed by atoms with Crippen molar-refractivity contribution in [3.63, 3.8) is 0 Å². The quantitative estimate of drug-likeness (QED) is 0.696. The Morgan fingerprint density at radius 3 is 2.88 bits per heavy atom. The van der Waals surface area contributed by atoms with E-state index in [1.54, 1.807) is 12.1 Å². The third kappa shape index (κ3) is 4.69. The Kier molecular flexibility index (Phi) is 5.22. The van der Waals surface area contributed by atoms with Crippen LogP contribution in [0.4, 0.5) is 0 Å². The van der Waals surface area contributed by atoms with Gasteiger partial charge in [0.2, 0.25) is 0 Å². The van der Waals surface area contributed by atoms with Crippen molar-refractivity contribution in [2.24, 2.45) is 0 Å². The predicted molar refractivity (Wildman–Crippen MR) is 58.6 cm³/mol. The Labute approximate surface area is 98.6 Å². The molecule has 1 rings (SSSR count). The Hall–Kier alpha value is -1.82. The molecule has 1 amide bonds. The molecule has 0 aromatic carbocycles. The fourth-order valence-corrected chi connectivity index (χ4v) is 1.25. The summed E-state index contributed by atoms with van der Waals surface area (Å²) in [6.07, 6.45) is 0.431. The topological polar surface area (TPSA) is 88.8 Å². The van der Waals surface area contributed by atoms with Gasteiger partial charge in [0.05, 0.1) is 0 Å². The third-order valence-corrected chi connectivity index (χ3v) is 2.03. The van der Waals surface area contributed by atoms with E-state index in [1.165, 1.54) is 7.11 Å². The van der Waals surface area contributed by atoms with Gasteiger partial charge in [-0.3, -0.25) is 9.59 Å². The van der Waals surface area contributed by atoms with E-state index >= 15 is 0 Å². The molecule has 1 aromatic heterocycles. The van der Waals surface area contributed by atoms with Crippen LogP contribution < -0.4 is 5.32 Å². The smallest absolute Gasteiger partial charge is 0.303 e. The lowest BCUT2D eigenvalue weighted by atomic mass is 10.3. The van der Waals surface area contributed by atoms with Gasteiger partial charge in [0.25, 0.3) is 5.91 Å². The average Bonchev–Trinajstić information content (AvgIpc) is 2.73. The number of amides is 1. The number of hydrogen-bond acceptors (Lipinski definition) is 4. The van der Waals surface area contributed by atoms with Crippen LogP contribution in [0.15, 0.2) is 16.5 Å². The minimum atomic E-state index is -0.875. The van der Waals surface area contributed by atoms with Gasteiger partial charge in [0.15, 0.2) is 5.76 Å². The van der Waals surface area contributed by atoms with Crippen LogP contribution in [0.2, 0.25) is 0 Å². The van der Waals surface area contributed by atoms with Crippen LogP contribution in [0, 0.1) is 0 Å². The first kappa shape index (κ1) is 13.2. The number of hydrogen-bond donors (Lipinski definition) is 2. The lowest BCUT2D eigenvalue weighted by molar-refractivity contribution is -0.137. The number of carbonyl (C=O) groups excluding carboxylic acids is 1. The van der Waals surface area contributed by atoms with Gasteiger partial charge in [-0.25, -0.2) is 0 Å². The summed E-state index contributed by atoms with van der Waals surface area (Å²) in [7, 11) is 1.54. The fraction of sp³-hybridized carbons (Fsp3) is 0.455. The number of nitrogens with one attached hydrogen (secondary N) is 1. The Morgan fingerprint density at radius 1 is 1.47 bits per heavy atom. The molecule has 0 unspecified atom stereocenters. The SMILES string of the molecule is COCc1ccc(C(=O)NCCCC(=O)O)o1. The van der Waals surface area contributed by atoms with E-state index < -0.39 is 5.97 Å². The van der Waals surface area contributed by atoms with E-state index in [0.717, 1.165) is 0 Å². The molecule has 0 aliphatic carbocycles. The molecule has 0 radical (unpaired) electrons. The van der Waals surface area contributed by atoms with Gasteiger partial charge in [0.1, 0.15) is 12.4 Å². The highest BCUT2D eigenvalue weighted by Crippen LogP contribution is 2.08. The molecule has 0 atom stereocenters. The molecule has 17 heavy (non-hydrogen) atoms. The van der Waals surface area contributed by atoms with Crippen molar-refractivity contribution in [1.29, 1.82) is 0 Å². The second-order valence-electron chi connectivity index (χ2n) is 3.45. The molecule has 0 fully saturated rings. The molecule has 0 spiro atoms. The number of carboxylic acids is 1. The first-order chi connectivity index (χ1) is 8.13. The highest BCUT2D eigenvalue weighted by atomic mass is 16.5. The normalized spacial score (nSPS) is 10.2. The van der Waals surface area contributed by atoms with E-state index in [0.29, 0.717) is 25.3 Å². The standard InChI is InChI=1S/C11H15NO5/c1-16-7-8-4-5-9(17-8)11(15)12-6-2-3-10(13)14/h4-5H,2-3,6-7H2,1H3,(H,12,15)(H,13,14). The van der Waals surface area contributed by atoms with Crippen molar-refractivity contribution in [1.82, 2.24) is 5.32 Å². The number of furan rings is 1. The molecule has 0 saturated heterocycles. The molecule has 0 saturated carbocycles. The maximum Gasteiger partial charge on any atom is 0.303 e. The van der Waals surface area contributed by atoms with E-state index in [2.05, 4.69) is 5.32 Å². The minimum absolute atomic E-state index is 0.0351. The lowest BCUT2D eigenvalue weighted by Crippen LogP contribution is -2.24. The summed E-state index contributed by atoms with van der Waals surface area (Å²) < 4.78 is 10.1. The predicted octanol–water partition coefficient (Wildman–Crippen LogP) is 1.02. The largest absolute Gasteiger partial charge is 0.481 e. The number of aliphatic carboxylic acids is 1. The summed E-state index contributed by atoms with van der Waals surface area (Å²) in [6, 6.07) is 3.22. The molecule has 0 aliphatic heterocycles. The van der Waals surface area contributed by atoms with E-state index in [-0.39, 0.29) is 18.1 Å². The molecule has 6 heteroatoms. The maximum absolute atomic E-state index is 11.5. The summed E-state index contributed by atoms with van der Waals surface area (Å²) in [6.45, 7) is 0.623. The van der Waals surface area contributed by atoms with Crippen molar-refractivity contribution in [3.8, 4) is 0 Å². The minimum Gasteiger partial charge on any atom is -0.481 e. The van der Waals surface area contributed by atoms with Crippen LogP contribution in [0.1, 0.15) is 29.2 Å². The van der Waals surface area contributed by atoms with Crippen LogP contribution in [-0.4, -0.2) is 30.6 Å². The number of carbonyl (C=O) groups is 2. The van der Waals surface area contributed by atoms with Crippen LogP contribution in [0.5, 0.6) is 0 Å². The Balaban J connectivity index is 2.33. The van der Waals surface area contributed by atoms with Gasteiger partial charge < -0.3 is 19.6 Å². The summed E-state index contributed by atoms with van der Waals surface area (Å²) in [5.41, 5.74) is 0. The van der Waals surface area contributed by atoms with E-state index in [9.17, 15) is 9.59 Å². The monoisotopic (exact) mass is 241 g/mol. The first-order valence-corrected chi connectivity index (χ1v) is 5.21. The second-order valence-corrected chi connectivity index (χ2v) is 3.45. The number of rotatable bonds is 7. The average molecular weight is 241 g/mol. The summed E-state index contributed by atoms with van der Waals surface area (Å²) in [5, 5.41) is 11.0. The van der Waals surface area contributed by atoms with Crippen LogP contribution in [0.3, 0.4) is 0 Å². The zero-order chi connectivity index (χ0) is 12.7. The summed E-state index contributed by atoms with van der Waals surface area (Å²) in [5.74, 6) is -0.451. The van der Waals surface area contributed by atoms with E-state index in [4.69, 9.17) is 14.3 Å². The lowest BCUT2D eigenvalue weighted by Gasteiger charge is -2.01. The van der Waals surface area contributed by atoms with Crippen molar-refractivity contribution in [2.45, 2.75) is 19.4 Å². The fourth-order valence-electron chi connectivity index (χ4n) is 1.25. The molecule has 1 heterocycles. The maximum atomic E-state index is 11.5. The van der Waals surface area contributed by atoms with Gasteiger partial charge in [-0.15, -0.1) is 0 Å². The molecule has 6 nitrogen and oxygen atoms in total. The van der Waals surface area contributed by atoms with Crippen molar-refractivity contribution in [2.75, 3.05) is 13.7 Å². The number of carboxylic acid groups (broad SMARTS) is 1. The van der Waals surface area contributed by atoms with Crippen molar-refractivity contribution >= 4 is 11.9 Å². The van der Waals surface area contributed by atoms with Gasteiger partial charge >= 0.3 is 5.97 Å². The van der Waals surface area contributed by atoms with Gasteiger partial charge in [-0.1, -0.05) is 0 Å². The molecular formula is C11H15NO5. The summed E-state index contributed by atoms with van der Waals surface area (Å²) in [4.78, 5) is 21.8. The molecule has 1 aromatic rings. The third-order valence-electron chi connectivity index (χ3n) is 2.03.